The molecule has 22 heavy (non-hydrogen) atoms. The number of carbonyl (C=O) groups excluding carboxylic acids is 1. The van der Waals surface area contributed by atoms with Gasteiger partial charge in [-0.2, -0.15) is 0 Å². The molecule has 2 N–H and O–H groups in total. The molecule has 0 aromatic rings. The fourth-order valence-electron chi connectivity index (χ4n) is 2.90. The first kappa shape index (κ1) is 17.1. The van der Waals surface area contributed by atoms with E-state index in [-0.39, 0.29) is 12.5 Å². The third-order valence-electron chi connectivity index (χ3n) is 4.38. The van der Waals surface area contributed by atoms with Gasteiger partial charge in [0.15, 0.2) is 5.96 Å². The summed E-state index contributed by atoms with van der Waals surface area (Å²) in [7, 11) is 3.52. The molecule has 1 aliphatic heterocycles. The van der Waals surface area contributed by atoms with E-state index in [0.29, 0.717) is 12.1 Å². The lowest BCUT2D eigenvalue weighted by molar-refractivity contribution is -0.127. The molecule has 2 rings (SSSR count). The summed E-state index contributed by atoms with van der Waals surface area (Å²) in [6.07, 6.45) is 8.25. The first-order chi connectivity index (χ1) is 10.6. The Morgan fingerprint density at radius 3 is 2.23 bits per heavy atom. The van der Waals surface area contributed by atoms with Crippen molar-refractivity contribution < 1.29 is 9.53 Å². The molecular formula is C16H30N4O2. The minimum Gasteiger partial charge on any atom is -0.381 e. The van der Waals surface area contributed by atoms with Crippen molar-refractivity contribution in [3.8, 4) is 0 Å². The van der Waals surface area contributed by atoms with E-state index < -0.39 is 0 Å². The highest BCUT2D eigenvalue weighted by Crippen LogP contribution is 2.17. The van der Waals surface area contributed by atoms with Crippen LogP contribution in [-0.4, -0.2) is 62.7 Å². The molecule has 1 heterocycles. The van der Waals surface area contributed by atoms with Crippen LogP contribution in [0.4, 0.5) is 0 Å². The monoisotopic (exact) mass is 310 g/mol. The van der Waals surface area contributed by atoms with Crippen LogP contribution in [0.2, 0.25) is 0 Å². The number of guanidine groups is 1. The Morgan fingerprint density at radius 2 is 1.64 bits per heavy atom. The van der Waals surface area contributed by atoms with E-state index in [4.69, 9.17) is 4.74 Å². The number of hydrogen-bond acceptors (Lipinski definition) is 3. The molecule has 0 aromatic carbocycles. The van der Waals surface area contributed by atoms with Crippen molar-refractivity contribution in [2.45, 2.75) is 57.0 Å². The van der Waals surface area contributed by atoms with E-state index in [1.807, 2.05) is 0 Å². The lowest BCUT2D eigenvalue weighted by Crippen LogP contribution is -2.49. The van der Waals surface area contributed by atoms with Crippen LogP contribution >= 0.6 is 0 Å². The Hall–Kier alpha value is -1.30. The van der Waals surface area contributed by atoms with Gasteiger partial charge in [0.2, 0.25) is 5.91 Å². The van der Waals surface area contributed by atoms with Gasteiger partial charge in [0.25, 0.3) is 0 Å². The van der Waals surface area contributed by atoms with Gasteiger partial charge < -0.3 is 20.3 Å². The quantitative estimate of drug-likeness (QED) is 0.603. The minimum absolute atomic E-state index is 0.0247. The molecule has 6 heteroatoms. The molecule has 1 amide bonds. The first-order valence-corrected chi connectivity index (χ1v) is 8.50. The van der Waals surface area contributed by atoms with E-state index in [0.717, 1.165) is 32.0 Å². The Balaban J connectivity index is 1.91. The van der Waals surface area contributed by atoms with Gasteiger partial charge in [0.1, 0.15) is 6.54 Å². The molecule has 1 saturated carbocycles. The molecule has 6 nitrogen and oxygen atoms in total. The van der Waals surface area contributed by atoms with Crippen LogP contribution in [0, 0.1) is 0 Å². The molecule has 0 atom stereocenters. The Labute approximate surface area is 133 Å². The Kier molecular flexibility index (Phi) is 6.96. The maximum Gasteiger partial charge on any atom is 0.243 e. The number of rotatable bonds is 4. The molecule has 0 spiro atoms. The second-order valence-corrected chi connectivity index (χ2v) is 6.46. The molecule has 2 aliphatic rings. The molecule has 1 saturated heterocycles. The number of likely N-dealkylation sites (N-methyl/N-ethyl adjacent to an activating group) is 1. The summed E-state index contributed by atoms with van der Waals surface area (Å²) in [5.74, 6) is 0.811. The summed E-state index contributed by atoms with van der Waals surface area (Å²) < 4.78 is 5.40. The van der Waals surface area contributed by atoms with Crippen molar-refractivity contribution in [3.05, 3.63) is 0 Å². The van der Waals surface area contributed by atoms with E-state index in [2.05, 4.69) is 15.6 Å². The lowest BCUT2D eigenvalue weighted by atomic mass is 9.96. The highest BCUT2D eigenvalue weighted by atomic mass is 16.5. The predicted molar refractivity (Wildman–Crippen MR) is 88.0 cm³/mol. The lowest BCUT2D eigenvalue weighted by Gasteiger charge is -2.29. The number of amides is 1. The van der Waals surface area contributed by atoms with E-state index in [9.17, 15) is 4.79 Å². The van der Waals surface area contributed by atoms with Gasteiger partial charge in [-0.1, -0.05) is 19.3 Å². The molecule has 126 valence electrons. The third-order valence-corrected chi connectivity index (χ3v) is 4.38. The standard InChI is InChI=1S/C16H30N4O2/c1-20(2)15(21)12-17-16(18-13-6-4-3-5-7-13)19-14-8-10-22-11-9-14/h13-14H,3-12H2,1-2H3,(H2,17,18,19). The zero-order valence-electron chi connectivity index (χ0n) is 13.9. The second-order valence-electron chi connectivity index (χ2n) is 6.46. The van der Waals surface area contributed by atoms with Crippen molar-refractivity contribution in [3.63, 3.8) is 0 Å². The van der Waals surface area contributed by atoms with E-state index in [1.54, 1.807) is 19.0 Å². The number of carbonyl (C=O) groups is 1. The number of aliphatic imine (C=N–C) groups is 1. The normalized spacial score (nSPS) is 21.5. The van der Waals surface area contributed by atoms with Crippen LogP contribution in [0.3, 0.4) is 0 Å². The highest BCUT2D eigenvalue weighted by molar-refractivity contribution is 5.85. The second kappa shape index (κ2) is 8.98. The molecule has 0 aromatic heterocycles. The summed E-state index contributed by atoms with van der Waals surface area (Å²) in [5, 5.41) is 7.01. The fourth-order valence-corrected chi connectivity index (χ4v) is 2.90. The summed E-state index contributed by atoms with van der Waals surface area (Å²) >= 11 is 0. The molecular weight excluding hydrogens is 280 g/mol. The largest absolute Gasteiger partial charge is 0.381 e. The van der Waals surface area contributed by atoms with Crippen LogP contribution in [-0.2, 0) is 9.53 Å². The smallest absolute Gasteiger partial charge is 0.243 e. The summed E-state index contributed by atoms with van der Waals surface area (Å²) in [6, 6.07) is 0.868. The van der Waals surface area contributed by atoms with Gasteiger partial charge >= 0.3 is 0 Å². The average Bonchev–Trinajstić information content (AvgIpc) is 2.54. The van der Waals surface area contributed by atoms with E-state index >= 15 is 0 Å². The molecule has 0 bridgehead atoms. The topological polar surface area (TPSA) is 66.0 Å². The molecule has 1 aliphatic carbocycles. The van der Waals surface area contributed by atoms with Gasteiger partial charge in [-0.3, -0.25) is 4.79 Å². The highest BCUT2D eigenvalue weighted by Gasteiger charge is 2.19. The average molecular weight is 310 g/mol. The third kappa shape index (κ3) is 5.83. The first-order valence-electron chi connectivity index (χ1n) is 8.50. The Morgan fingerprint density at radius 1 is 1.05 bits per heavy atom. The minimum atomic E-state index is 0.0247. The van der Waals surface area contributed by atoms with Gasteiger partial charge in [-0.05, 0) is 25.7 Å². The Bertz CT molecular complexity index is 350. The summed E-state index contributed by atoms with van der Waals surface area (Å²) in [4.78, 5) is 17.9. The van der Waals surface area contributed by atoms with Crippen molar-refractivity contribution in [1.29, 1.82) is 0 Å². The van der Waals surface area contributed by atoms with Crippen LogP contribution < -0.4 is 10.6 Å². The van der Waals surface area contributed by atoms with Gasteiger partial charge in [-0.25, -0.2) is 4.99 Å². The number of ether oxygens (including phenoxy) is 1. The maximum atomic E-state index is 11.8. The van der Waals surface area contributed by atoms with Crippen LogP contribution in [0.5, 0.6) is 0 Å². The number of nitrogens with zero attached hydrogens (tertiary/aromatic N) is 2. The maximum absolute atomic E-state index is 11.8. The van der Waals surface area contributed by atoms with Crippen LogP contribution in [0.25, 0.3) is 0 Å². The number of hydrogen-bond donors (Lipinski definition) is 2. The SMILES string of the molecule is CN(C)C(=O)CN=C(NC1CCCCC1)NC1CCOCC1. The van der Waals surface area contributed by atoms with Crippen LogP contribution in [0.15, 0.2) is 4.99 Å². The van der Waals surface area contributed by atoms with Crippen LogP contribution in [0.1, 0.15) is 44.9 Å². The number of nitrogens with one attached hydrogen (secondary N) is 2. The zero-order valence-corrected chi connectivity index (χ0v) is 13.9. The van der Waals surface area contributed by atoms with Gasteiger partial charge in [-0.15, -0.1) is 0 Å². The van der Waals surface area contributed by atoms with Crippen molar-refractivity contribution in [2.24, 2.45) is 4.99 Å². The van der Waals surface area contributed by atoms with E-state index in [1.165, 1.54) is 32.1 Å². The molecule has 0 unspecified atom stereocenters. The van der Waals surface area contributed by atoms with Gasteiger partial charge in [0.05, 0.1) is 0 Å². The van der Waals surface area contributed by atoms with Crippen molar-refractivity contribution >= 4 is 11.9 Å². The zero-order chi connectivity index (χ0) is 15.8. The summed E-state index contributed by atoms with van der Waals surface area (Å²) in [5.41, 5.74) is 0. The molecule has 0 radical (unpaired) electrons. The van der Waals surface area contributed by atoms with Crippen molar-refractivity contribution in [1.82, 2.24) is 15.5 Å². The fraction of sp³-hybridized carbons (Fsp3) is 0.875. The predicted octanol–water partition coefficient (Wildman–Crippen LogP) is 1.12. The van der Waals surface area contributed by atoms with Gasteiger partial charge in [0, 0.05) is 39.4 Å². The molecule has 2 fully saturated rings. The van der Waals surface area contributed by atoms with Crippen molar-refractivity contribution in [2.75, 3.05) is 33.9 Å². The summed E-state index contributed by atoms with van der Waals surface area (Å²) in [6.45, 7) is 1.79.